The number of benzene rings is 2. The van der Waals surface area contributed by atoms with E-state index in [0.29, 0.717) is 0 Å². The number of hydrogen-bond acceptors (Lipinski definition) is 4. The van der Waals surface area contributed by atoms with E-state index in [9.17, 15) is 22.8 Å². The number of carboxylic acid groups (broad SMARTS) is 1. The van der Waals surface area contributed by atoms with Crippen LogP contribution in [0.3, 0.4) is 0 Å². The van der Waals surface area contributed by atoms with E-state index < -0.39 is 36.0 Å². The second-order valence-corrected chi connectivity index (χ2v) is 6.39. The summed E-state index contributed by atoms with van der Waals surface area (Å²) in [6.07, 6.45) is -6.94. The molecular weight excluding hydrogens is 363 g/mol. The average molecular weight is 379 g/mol. The lowest BCUT2D eigenvalue weighted by Gasteiger charge is -2.25. The van der Waals surface area contributed by atoms with E-state index in [1.54, 1.807) is 12.1 Å². The summed E-state index contributed by atoms with van der Waals surface area (Å²) in [5.74, 6) is -4.11. The zero-order valence-corrected chi connectivity index (χ0v) is 14.0. The van der Waals surface area contributed by atoms with Gasteiger partial charge in [0.2, 0.25) is 5.54 Å². The van der Waals surface area contributed by atoms with E-state index in [-0.39, 0.29) is 6.61 Å². The van der Waals surface area contributed by atoms with Crippen molar-refractivity contribution in [1.82, 2.24) is 0 Å². The fourth-order valence-electron chi connectivity index (χ4n) is 3.28. The van der Waals surface area contributed by atoms with Gasteiger partial charge in [0.15, 0.2) is 0 Å². The van der Waals surface area contributed by atoms with Gasteiger partial charge in [0.25, 0.3) is 0 Å². The molecular formula is C19H16F3NO4. The minimum absolute atomic E-state index is 0.309. The summed E-state index contributed by atoms with van der Waals surface area (Å²) in [6.45, 7) is -0.309. The topological polar surface area (TPSA) is 89.6 Å². The van der Waals surface area contributed by atoms with Crippen LogP contribution in [0.2, 0.25) is 0 Å². The lowest BCUT2D eigenvalue weighted by Crippen LogP contribution is -2.58. The van der Waals surface area contributed by atoms with Crippen molar-refractivity contribution >= 4 is 11.9 Å². The predicted molar refractivity (Wildman–Crippen MR) is 89.9 cm³/mol. The summed E-state index contributed by atoms with van der Waals surface area (Å²) in [4.78, 5) is 23.3. The van der Waals surface area contributed by atoms with Gasteiger partial charge in [-0.25, -0.2) is 9.59 Å². The van der Waals surface area contributed by atoms with E-state index in [2.05, 4.69) is 0 Å². The van der Waals surface area contributed by atoms with Crippen LogP contribution in [-0.2, 0) is 14.3 Å². The first kappa shape index (κ1) is 18.9. The minimum Gasteiger partial charge on any atom is -0.479 e. The molecule has 142 valence electrons. The van der Waals surface area contributed by atoms with Crippen LogP contribution >= 0.6 is 0 Å². The van der Waals surface area contributed by atoms with Crippen LogP contribution in [0.1, 0.15) is 23.5 Å². The highest BCUT2D eigenvalue weighted by molar-refractivity contribution is 6.03. The number of carbonyl (C=O) groups excluding carboxylic acids is 1. The molecule has 3 rings (SSSR count). The maximum atomic E-state index is 12.7. The first-order chi connectivity index (χ1) is 12.6. The summed E-state index contributed by atoms with van der Waals surface area (Å²) >= 11 is 0. The van der Waals surface area contributed by atoms with Crippen molar-refractivity contribution in [1.29, 1.82) is 0 Å². The third-order valence-corrected chi connectivity index (χ3v) is 4.57. The maximum Gasteiger partial charge on any atom is 0.392 e. The summed E-state index contributed by atoms with van der Waals surface area (Å²) in [5, 5.41) is 9.05. The smallest absolute Gasteiger partial charge is 0.392 e. The van der Waals surface area contributed by atoms with Gasteiger partial charge in [-0.3, -0.25) is 0 Å². The number of halogens is 3. The molecule has 0 radical (unpaired) electrons. The molecule has 1 aliphatic rings. The molecule has 8 heteroatoms. The van der Waals surface area contributed by atoms with Gasteiger partial charge >= 0.3 is 18.1 Å². The highest BCUT2D eigenvalue weighted by atomic mass is 19.4. The van der Waals surface area contributed by atoms with Crippen LogP contribution in [0, 0.1) is 0 Å². The molecule has 1 atom stereocenters. The van der Waals surface area contributed by atoms with Gasteiger partial charge in [-0.2, -0.15) is 13.2 Å². The molecule has 2 aromatic rings. The Morgan fingerprint density at radius 3 is 1.93 bits per heavy atom. The number of fused-ring (bicyclic) bond motifs is 3. The zero-order valence-electron chi connectivity index (χ0n) is 14.0. The molecule has 0 unspecified atom stereocenters. The van der Waals surface area contributed by atoms with Crippen molar-refractivity contribution in [3.05, 3.63) is 59.7 Å². The molecule has 0 aromatic heterocycles. The molecule has 5 nitrogen and oxygen atoms in total. The Labute approximate surface area is 152 Å². The number of alkyl halides is 3. The Bertz CT molecular complexity index is 851. The van der Waals surface area contributed by atoms with Crippen LogP contribution in [0.4, 0.5) is 13.2 Å². The number of hydrogen-bond donors (Lipinski definition) is 2. The van der Waals surface area contributed by atoms with Crippen molar-refractivity contribution in [2.24, 2.45) is 5.73 Å². The Morgan fingerprint density at radius 1 is 1.00 bits per heavy atom. The lowest BCUT2D eigenvalue weighted by molar-refractivity contribution is -0.181. The van der Waals surface area contributed by atoms with Gasteiger partial charge in [-0.15, -0.1) is 0 Å². The van der Waals surface area contributed by atoms with E-state index in [0.717, 1.165) is 22.3 Å². The molecule has 0 spiro atoms. The summed E-state index contributed by atoms with van der Waals surface area (Å²) < 4.78 is 42.9. The van der Waals surface area contributed by atoms with Gasteiger partial charge in [0, 0.05) is 5.92 Å². The van der Waals surface area contributed by atoms with Crippen molar-refractivity contribution in [2.45, 2.75) is 24.1 Å². The minimum atomic E-state index is -4.93. The largest absolute Gasteiger partial charge is 0.479 e. The summed E-state index contributed by atoms with van der Waals surface area (Å²) in [7, 11) is 0. The maximum absolute atomic E-state index is 12.7. The van der Waals surface area contributed by atoms with E-state index >= 15 is 0 Å². The Balaban J connectivity index is 1.84. The van der Waals surface area contributed by atoms with Gasteiger partial charge < -0.3 is 15.6 Å². The molecule has 27 heavy (non-hydrogen) atoms. The van der Waals surface area contributed by atoms with E-state index in [1.165, 1.54) is 0 Å². The monoisotopic (exact) mass is 379 g/mol. The van der Waals surface area contributed by atoms with Gasteiger partial charge in [-0.05, 0) is 22.3 Å². The van der Waals surface area contributed by atoms with Crippen LogP contribution in [0.5, 0.6) is 0 Å². The normalized spacial score (nSPS) is 15.6. The van der Waals surface area contributed by atoms with Crippen LogP contribution in [0.25, 0.3) is 11.1 Å². The standard InChI is InChI=1S/C19H16F3NO4/c20-19(21,22)10-18(23,16(24)25)17(26)27-9-15-13-7-3-1-5-11(13)12-6-2-4-8-14(12)15/h1-8,15H,9-10,23H2,(H,24,25)/t18-/m0/s1. The third-order valence-electron chi connectivity index (χ3n) is 4.57. The lowest BCUT2D eigenvalue weighted by atomic mass is 9.95. The summed E-state index contributed by atoms with van der Waals surface area (Å²) in [5.41, 5.74) is 5.62. The SMILES string of the molecule is N[C@@](CC(F)(F)F)(C(=O)O)C(=O)OCC1c2ccccc2-c2ccccc21. The zero-order chi connectivity index (χ0) is 19.8. The number of aliphatic carboxylic acids is 1. The van der Waals surface area contributed by atoms with E-state index in [4.69, 9.17) is 15.6 Å². The number of esters is 1. The fourth-order valence-corrected chi connectivity index (χ4v) is 3.28. The highest BCUT2D eigenvalue weighted by Gasteiger charge is 2.52. The van der Waals surface area contributed by atoms with Crippen LogP contribution < -0.4 is 5.73 Å². The van der Waals surface area contributed by atoms with Crippen molar-refractivity contribution in [2.75, 3.05) is 6.61 Å². The van der Waals surface area contributed by atoms with Gasteiger partial charge in [0.05, 0.1) is 6.42 Å². The Kier molecular flexibility index (Phi) is 4.69. The van der Waals surface area contributed by atoms with Crippen LogP contribution in [0.15, 0.2) is 48.5 Å². The Hall–Kier alpha value is -2.87. The van der Waals surface area contributed by atoms with Crippen LogP contribution in [-0.4, -0.2) is 35.4 Å². The molecule has 1 aliphatic carbocycles. The molecule has 3 N–H and O–H groups in total. The second-order valence-electron chi connectivity index (χ2n) is 6.39. The number of ether oxygens (including phenoxy) is 1. The van der Waals surface area contributed by atoms with Crippen molar-refractivity contribution < 1.29 is 32.6 Å². The second kappa shape index (κ2) is 6.70. The predicted octanol–water partition coefficient (Wildman–Crippen LogP) is 3.08. The number of rotatable bonds is 5. The molecule has 0 amide bonds. The Morgan fingerprint density at radius 2 is 1.48 bits per heavy atom. The molecule has 0 saturated heterocycles. The molecule has 0 bridgehead atoms. The van der Waals surface area contributed by atoms with Crippen molar-refractivity contribution in [3.8, 4) is 11.1 Å². The number of carbonyl (C=O) groups is 2. The third kappa shape index (κ3) is 3.52. The molecule has 0 heterocycles. The number of carboxylic acids is 1. The first-order valence-electron chi connectivity index (χ1n) is 8.08. The fraction of sp³-hybridized carbons (Fsp3) is 0.263. The highest BCUT2D eigenvalue weighted by Crippen LogP contribution is 2.44. The summed E-state index contributed by atoms with van der Waals surface area (Å²) in [6, 6.07) is 14.7. The van der Waals surface area contributed by atoms with Crippen molar-refractivity contribution in [3.63, 3.8) is 0 Å². The quantitative estimate of drug-likeness (QED) is 0.616. The molecule has 2 aromatic carbocycles. The average Bonchev–Trinajstić information content (AvgIpc) is 2.92. The molecule has 0 saturated carbocycles. The van der Waals surface area contributed by atoms with Gasteiger partial charge in [-0.1, -0.05) is 48.5 Å². The van der Waals surface area contributed by atoms with E-state index in [1.807, 2.05) is 36.4 Å². The molecule has 0 aliphatic heterocycles. The first-order valence-corrected chi connectivity index (χ1v) is 8.08. The van der Waals surface area contributed by atoms with Gasteiger partial charge in [0.1, 0.15) is 6.61 Å². The number of nitrogens with two attached hydrogens (primary N) is 1. The molecule has 0 fully saturated rings.